The molecule has 0 radical (unpaired) electrons. The quantitative estimate of drug-likeness (QED) is 0.596. The molecule has 2 aromatic carbocycles. The number of halogens is 1. The molecule has 0 spiro atoms. The highest BCUT2D eigenvalue weighted by Crippen LogP contribution is 2.32. The molecule has 2 fully saturated rings. The van der Waals surface area contributed by atoms with E-state index in [1.165, 1.54) is 17.9 Å². The summed E-state index contributed by atoms with van der Waals surface area (Å²) in [4.78, 5) is 28.2. The van der Waals surface area contributed by atoms with E-state index in [1.54, 1.807) is 16.9 Å². The van der Waals surface area contributed by atoms with E-state index < -0.39 is 18.0 Å². The molecule has 1 N–H and O–H groups in total. The van der Waals surface area contributed by atoms with Gasteiger partial charge in [0.1, 0.15) is 11.9 Å². The van der Waals surface area contributed by atoms with Gasteiger partial charge in [-0.1, -0.05) is 30.3 Å². The maximum Gasteiger partial charge on any atom is 0.414 e. The van der Waals surface area contributed by atoms with Crippen molar-refractivity contribution in [1.82, 2.24) is 25.5 Å². The molecule has 2 aliphatic heterocycles. The Morgan fingerprint density at radius 1 is 1.21 bits per heavy atom. The number of rotatable bonds is 6. The first-order valence-corrected chi connectivity index (χ1v) is 11.1. The molecule has 1 aromatic heterocycles. The van der Waals surface area contributed by atoms with Gasteiger partial charge in [-0.2, -0.15) is 4.80 Å². The van der Waals surface area contributed by atoms with Gasteiger partial charge in [0, 0.05) is 25.6 Å². The molecule has 11 heteroatoms. The van der Waals surface area contributed by atoms with Crippen LogP contribution in [-0.4, -0.2) is 64.5 Å². The van der Waals surface area contributed by atoms with Crippen LogP contribution in [0, 0.1) is 5.82 Å². The monoisotopic (exact) mass is 465 g/mol. The van der Waals surface area contributed by atoms with E-state index in [0.29, 0.717) is 30.3 Å². The van der Waals surface area contributed by atoms with Gasteiger partial charge in [0.25, 0.3) is 0 Å². The number of aromatic nitrogens is 4. The molecule has 2 unspecified atom stereocenters. The molecule has 34 heavy (non-hydrogen) atoms. The van der Waals surface area contributed by atoms with Gasteiger partial charge in [-0.25, -0.2) is 9.18 Å². The largest absolute Gasteiger partial charge is 0.442 e. The lowest BCUT2D eigenvalue weighted by molar-refractivity contribution is -0.119. The highest BCUT2D eigenvalue weighted by atomic mass is 19.1. The summed E-state index contributed by atoms with van der Waals surface area (Å²) in [6.07, 6.45) is -0.278. The van der Waals surface area contributed by atoms with Gasteiger partial charge in [-0.3, -0.25) is 9.69 Å². The fourth-order valence-corrected chi connectivity index (χ4v) is 4.25. The normalized spacial score (nSPS) is 20.0. The van der Waals surface area contributed by atoms with E-state index in [2.05, 4.69) is 20.7 Å². The van der Waals surface area contributed by atoms with Crippen LogP contribution in [0.25, 0.3) is 11.4 Å². The third-order valence-corrected chi connectivity index (χ3v) is 5.99. The molecule has 10 nitrogen and oxygen atoms in total. The second-order valence-electron chi connectivity index (χ2n) is 8.38. The van der Waals surface area contributed by atoms with Crippen LogP contribution in [0.1, 0.15) is 19.4 Å². The molecule has 0 bridgehead atoms. The first-order valence-electron chi connectivity index (χ1n) is 11.1. The summed E-state index contributed by atoms with van der Waals surface area (Å²) in [5, 5.41) is 15.5. The lowest BCUT2D eigenvalue weighted by atomic mass is 10.2. The number of nitrogens with zero attached hydrogens (tertiary/aromatic N) is 6. The number of benzene rings is 2. The molecule has 0 aliphatic carbocycles. The molecular formula is C23H24FN7O3. The summed E-state index contributed by atoms with van der Waals surface area (Å²) in [5.41, 5.74) is 1.76. The number of nitrogens with one attached hydrogen (secondary N) is 1. The maximum atomic E-state index is 15.1. The number of amides is 2. The van der Waals surface area contributed by atoms with E-state index in [-0.39, 0.29) is 25.0 Å². The summed E-state index contributed by atoms with van der Waals surface area (Å²) in [6.45, 7) is 3.05. The lowest BCUT2D eigenvalue weighted by Gasteiger charge is -2.21. The van der Waals surface area contributed by atoms with Gasteiger partial charge in [-0.05, 0) is 29.8 Å². The molecule has 5 rings (SSSR count). The number of carbonyl (C=O) groups excluding carboxylic acids is 2. The summed E-state index contributed by atoms with van der Waals surface area (Å²) >= 11 is 0. The average molecular weight is 465 g/mol. The van der Waals surface area contributed by atoms with Crippen LogP contribution in [0.4, 0.5) is 20.6 Å². The van der Waals surface area contributed by atoms with Crippen molar-refractivity contribution in [2.45, 2.75) is 25.5 Å². The van der Waals surface area contributed by atoms with Crippen molar-refractivity contribution in [2.75, 3.05) is 36.0 Å². The standard InChI is InChI=1S/C23H24FN7O3/c1-15(32)25-12-19-14-30(23(33)34-19)17-7-8-21(20(24)11-17)29-10-9-18(13-29)31-27-22(26-28-31)16-5-3-2-4-6-16/h2-8,11,18-19H,9-10,12-14H2,1H3,(H,25,32). The van der Waals surface area contributed by atoms with Crippen LogP contribution in [0.2, 0.25) is 0 Å². The molecular weight excluding hydrogens is 441 g/mol. The smallest absolute Gasteiger partial charge is 0.414 e. The summed E-state index contributed by atoms with van der Waals surface area (Å²) in [6, 6.07) is 14.3. The van der Waals surface area contributed by atoms with E-state index in [4.69, 9.17) is 4.74 Å². The second-order valence-corrected chi connectivity index (χ2v) is 8.38. The van der Waals surface area contributed by atoms with Crippen molar-refractivity contribution in [1.29, 1.82) is 0 Å². The number of hydrogen-bond acceptors (Lipinski definition) is 7. The van der Waals surface area contributed by atoms with Crippen molar-refractivity contribution >= 4 is 23.4 Å². The zero-order chi connectivity index (χ0) is 23.7. The van der Waals surface area contributed by atoms with Crippen molar-refractivity contribution in [2.24, 2.45) is 0 Å². The molecule has 176 valence electrons. The number of carbonyl (C=O) groups is 2. The molecule has 2 saturated heterocycles. The number of hydrogen-bond donors (Lipinski definition) is 1. The van der Waals surface area contributed by atoms with Crippen LogP contribution < -0.4 is 15.1 Å². The fourth-order valence-electron chi connectivity index (χ4n) is 4.25. The van der Waals surface area contributed by atoms with Gasteiger partial charge in [0.15, 0.2) is 0 Å². The van der Waals surface area contributed by atoms with Gasteiger partial charge < -0.3 is 15.0 Å². The van der Waals surface area contributed by atoms with Crippen molar-refractivity contribution in [3.05, 3.63) is 54.3 Å². The van der Waals surface area contributed by atoms with E-state index in [0.717, 1.165) is 12.0 Å². The van der Waals surface area contributed by atoms with Crippen LogP contribution in [0.5, 0.6) is 0 Å². The topological polar surface area (TPSA) is 105 Å². The minimum atomic E-state index is -0.560. The summed E-state index contributed by atoms with van der Waals surface area (Å²) < 4.78 is 20.3. The predicted molar refractivity (Wildman–Crippen MR) is 122 cm³/mol. The van der Waals surface area contributed by atoms with Crippen LogP contribution >= 0.6 is 0 Å². The molecule has 2 atom stereocenters. The first-order chi connectivity index (χ1) is 16.5. The summed E-state index contributed by atoms with van der Waals surface area (Å²) in [5.74, 6) is -0.0668. The van der Waals surface area contributed by atoms with Gasteiger partial charge >= 0.3 is 6.09 Å². The first kappa shape index (κ1) is 21.8. The third-order valence-electron chi connectivity index (χ3n) is 5.99. The zero-order valence-corrected chi connectivity index (χ0v) is 18.6. The third kappa shape index (κ3) is 4.41. The number of anilines is 2. The van der Waals surface area contributed by atoms with Crippen molar-refractivity contribution < 1.29 is 18.7 Å². The van der Waals surface area contributed by atoms with Gasteiger partial charge in [0.05, 0.1) is 30.5 Å². The highest BCUT2D eigenvalue weighted by Gasteiger charge is 2.33. The molecule has 2 aliphatic rings. The zero-order valence-electron chi connectivity index (χ0n) is 18.6. The molecule has 3 heterocycles. The van der Waals surface area contributed by atoms with Crippen molar-refractivity contribution in [3.63, 3.8) is 0 Å². The molecule has 2 amide bonds. The minimum Gasteiger partial charge on any atom is -0.442 e. The van der Waals surface area contributed by atoms with Gasteiger partial charge in [0.2, 0.25) is 11.7 Å². The number of cyclic esters (lactones) is 1. The maximum absolute atomic E-state index is 15.1. The lowest BCUT2D eigenvalue weighted by Crippen LogP contribution is -2.33. The minimum absolute atomic E-state index is 0.0212. The summed E-state index contributed by atoms with van der Waals surface area (Å²) in [7, 11) is 0. The number of ether oxygens (including phenoxy) is 1. The Labute approximate surface area is 195 Å². The van der Waals surface area contributed by atoms with Crippen LogP contribution in [0.3, 0.4) is 0 Å². The van der Waals surface area contributed by atoms with E-state index >= 15 is 4.39 Å². The molecule has 3 aromatic rings. The van der Waals surface area contributed by atoms with Gasteiger partial charge in [-0.15, -0.1) is 10.2 Å². The van der Waals surface area contributed by atoms with Crippen molar-refractivity contribution in [3.8, 4) is 11.4 Å². The Morgan fingerprint density at radius 2 is 2.03 bits per heavy atom. The Hall–Kier alpha value is -4.02. The Morgan fingerprint density at radius 3 is 2.79 bits per heavy atom. The average Bonchev–Trinajstić information content (AvgIpc) is 3.58. The second kappa shape index (κ2) is 9.08. The van der Waals surface area contributed by atoms with E-state index in [1.807, 2.05) is 35.2 Å². The molecule has 0 saturated carbocycles. The van der Waals surface area contributed by atoms with Crippen LogP contribution in [-0.2, 0) is 9.53 Å². The number of tetrazole rings is 1. The van der Waals surface area contributed by atoms with E-state index in [9.17, 15) is 9.59 Å². The Kier molecular flexibility index (Phi) is 5.83. The fraction of sp³-hybridized carbons (Fsp3) is 0.348. The Balaban J connectivity index is 1.25. The SMILES string of the molecule is CC(=O)NCC1CN(c2ccc(N3CCC(n4nnc(-c5ccccc5)n4)C3)c(F)c2)C(=O)O1. The van der Waals surface area contributed by atoms with Crippen LogP contribution in [0.15, 0.2) is 48.5 Å². The Bertz CT molecular complexity index is 1200. The highest BCUT2D eigenvalue weighted by molar-refractivity contribution is 5.90. The predicted octanol–water partition coefficient (Wildman–Crippen LogP) is 2.39.